The standard InChI is InChI=1S/C24H25N5O2/c1-16-12-21(22(15-26-16)31-20-7-5-19(30)6-8-20)17-9-11-29-18(13-17)14-24(28-29)27-23-4-2-3-10-25-23/h2-4,9-15,19-20,30H,5-8H2,1H3,(H,25,27,28)/t19-,20-. The molecule has 1 fully saturated rings. The van der Waals surface area contributed by atoms with Crippen molar-refractivity contribution in [1.82, 2.24) is 19.6 Å². The lowest BCUT2D eigenvalue weighted by Crippen LogP contribution is -2.26. The molecule has 4 aromatic rings. The van der Waals surface area contributed by atoms with E-state index >= 15 is 0 Å². The molecule has 158 valence electrons. The molecule has 0 bridgehead atoms. The van der Waals surface area contributed by atoms with Crippen LogP contribution >= 0.6 is 0 Å². The van der Waals surface area contributed by atoms with E-state index < -0.39 is 0 Å². The lowest BCUT2D eigenvalue weighted by atomic mass is 9.95. The van der Waals surface area contributed by atoms with Crippen LogP contribution in [0.15, 0.2) is 61.1 Å². The fourth-order valence-electron chi connectivity index (χ4n) is 4.00. The van der Waals surface area contributed by atoms with Gasteiger partial charge in [0.15, 0.2) is 5.82 Å². The summed E-state index contributed by atoms with van der Waals surface area (Å²) < 4.78 is 8.16. The van der Waals surface area contributed by atoms with Crippen LogP contribution in [0, 0.1) is 6.92 Å². The molecule has 1 aliphatic carbocycles. The van der Waals surface area contributed by atoms with Crippen molar-refractivity contribution in [3.8, 4) is 16.9 Å². The van der Waals surface area contributed by atoms with Crippen LogP contribution in [-0.2, 0) is 0 Å². The van der Waals surface area contributed by atoms with Gasteiger partial charge in [-0.15, -0.1) is 0 Å². The Morgan fingerprint density at radius 3 is 2.71 bits per heavy atom. The molecule has 0 radical (unpaired) electrons. The fraction of sp³-hybridized carbons (Fsp3) is 0.292. The highest BCUT2D eigenvalue weighted by Crippen LogP contribution is 2.34. The highest BCUT2D eigenvalue weighted by molar-refractivity contribution is 5.75. The van der Waals surface area contributed by atoms with Crippen LogP contribution in [0.4, 0.5) is 11.6 Å². The fourth-order valence-corrected chi connectivity index (χ4v) is 4.00. The third-order valence-electron chi connectivity index (χ3n) is 5.64. The number of pyridine rings is 3. The number of anilines is 2. The van der Waals surface area contributed by atoms with Crippen LogP contribution in [0.5, 0.6) is 5.75 Å². The molecular weight excluding hydrogens is 390 g/mol. The van der Waals surface area contributed by atoms with Crippen molar-refractivity contribution in [1.29, 1.82) is 0 Å². The van der Waals surface area contributed by atoms with E-state index in [1.165, 1.54) is 0 Å². The summed E-state index contributed by atoms with van der Waals surface area (Å²) in [7, 11) is 0. The minimum atomic E-state index is -0.200. The highest BCUT2D eigenvalue weighted by Gasteiger charge is 2.22. The molecule has 0 amide bonds. The maximum Gasteiger partial charge on any atom is 0.154 e. The number of ether oxygens (including phenoxy) is 1. The summed E-state index contributed by atoms with van der Waals surface area (Å²) in [6.45, 7) is 1.98. The second-order valence-corrected chi connectivity index (χ2v) is 8.02. The van der Waals surface area contributed by atoms with Gasteiger partial charge in [-0.05, 0) is 68.5 Å². The molecule has 1 saturated carbocycles. The number of aryl methyl sites for hydroxylation is 1. The van der Waals surface area contributed by atoms with Gasteiger partial charge in [-0.25, -0.2) is 9.50 Å². The van der Waals surface area contributed by atoms with Crippen molar-refractivity contribution in [2.45, 2.75) is 44.8 Å². The summed E-state index contributed by atoms with van der Waals surface area (Å²) in [6, 6.07) is 13.9. The third-order valence-corrected chi connectivity index (χ3v) is 5.64. The van der Waals surface area contributed by atoms with Gasteiger partial charge in [0, 0.05) is 29.7 Å². The zero-order chi connectivity index (χ0) is 21.2. The molecule has 0 spiro atoms. The van der Waals surface area contributed by atoms with E-state index in [1.54, 1.807) is 6.20 Å². The maximum atomic E-state index is 9.77. The molecule has 5 rings (SSSR count). The zero-order valence-electron chi connectivity index (χ0n) is 17.4. The van der Waals surface area contributed by atoms with Gasteiger partial charge in [0.05, 0.1) is 23.9 Å². The summed E-state index contributed by atoms with van der Waals surface area (Å²) in [4.78, 5) is 8.74. The number of fused-ring (bicyclic) bond motifs is 1. The third kappa shape index (κ3) is 4.36. The highest BCUT2D eigenvalue weighted by atomic mass is 16.5. The predicted octanol–water partition coefficient (Wildman–Crippen LogP) is 4.53. The zero-order valence-corrected chi connectivity index (χ0v) is 17.4. The minimum absolute atomic E-state index is 0.111. The minimum Gasteiger partial charge on any atom is -0.488 e. The average Bonchev–Trinajstić information content (AvgIpc) is 3.18. The molecule has 31 heavy (non-hydrogen) atoms. The van der Waals surface area contributed by atoms with Crippen LogP contribution in [0.25, 0.3) is 16.6 Å². The second kappa shape index (κ2) is 8.35. The lowest BCUT2D eigenvalue weighted by molar-refractivity contribution is 0.0667. The second-order valence-electron chi connectivity index (χ2n) is 8.02. The predicted molar refractivity (Wildman–Crippen MR) is 120 cm³/mol. The number of aliphatic hydroxyl groups excluding tert-OH is 1. The average molecular weight is 415 g/mol. The summed E-state index contributed by atoms with van der Waals surface area (Å²) in [5.41, 5.74) is 3.97. The quantitative estimate of drug-likeness (QED) is 0.498. The number of hydrogen-bond donors (Lipinski definition) is 2. The Bertz CT molecular complexity index is 1180. The topological polar surface area (TPSA) is 84.6 Å². The van der Waals surface area contributed by atoms with Crippen LogP contribution in [0.3, 0.4) is 0 Å². The van der Waals surface area contributed by atoms with Crippen molar-refractivity contribution in [2.75, 3.05) is 5.32 Å². The SMILES string of the molecule is Cc1cc(-c2ccn3nc(Nc4ccccn4)cc3c2)c(O[C@H]2CC[C@H](O)CC2)cn1. The number of rotatable bonds is 5. The number of hydrogen-bond acceptors (Lipinski definition) is 6. The van der Waals surface area contributed by atoms with E-state index in [2.05, 4.69) is 32.5 Å². The van der Waals surface area contributed by atoms with Gasteiger partial charge >= 0.3 is 0 Å². The van der Waals surface area contributed by atoms with E-state index in [9.17, 15) is 5.11 Å². The molecule has 0 aromatic carbocycles. The van der Waals surface area contributed by atoms with Crippen molar-refractivity contribution in [2.24, 2.45) is 0 Å². The van der Waals surface area contributed by atoms with Gasteiger partial charge in [0.25, 0.3) is 0 Å². The Hall–Kier alpha value is -3.45. The molecule has 0 unspecified atom stereocenters. The van der Waals surface area contributed by atoms with Crippen LogP contribution in [0.2, 0.25) is 0 Å². The van der Waals surface area contributed by atoms with Crippen molar-refractivity contribution >= 4 is 17.2 Å². The smallest absolute Gasteiger partial charge is 0.154 e. The molecule has 7 nitrogen and oxygen atoms in total. The molecule has 0 saturated heterocycles. The van der Waals surface area contributed by atoms with Crippen LogP contribution in [0.1, 0.15) is 31.4 Å². The Labute approximate surface area is 180 Å². The first-order valence-electron chi connectivity index (χ1n) is 10.6. The van der Waals surface area contributed by atoms with Crippen molar-refractivity contribution in [3.05, 3.63) is 66.7 Å². The molecule has 7 heteroatoms. The molecule has 4 aromatic heterocycles. The lowest BCUT2D eigenvalue weighted by Gasteiger charge is -2.27. The Balaban J connectivity index is 1.44. The van der Waals surface area contributed by atoms with Gasteiger partial charge in [-0.1, -0.05) is 6.07 Å². The largest absolute Gasteiger partial charge is 0.488 e. The summed E-state index contributed by atoms with van der Waals surface area (Å²) in [6.07, 6.45) is 8.71. The number of nitrogens with zero attached hydrogens (tertiary/aromatic N) is 4. The number of aromatic nitrogens is 4. The Morgan fingerprint density at radius 1 is 1.03 bits per heavy atom. The summed E-state index contributed by atoms with van der Waals surface area (Å²) in [5, 5.41) is 17.6. The maximum absolute atomic E-state index is 9.77. The van der Waals surface area contributed by atoms with E-state index in [-0.39, 0.29) is 12.2 Å². The Kier molecular flexibility index (Phi) is 5.26. The van der Waals surface area contributed by atoms with Crippen molar-refractivity contribution < 1.29 is 9.84 Å². The molecule has 0 atom stereocenters. The molecule has 0 aliphatic heterocycles. The first-order valence-corrected chi connectivity index (χ1v) is 10.6. The number of nitrogens with one attached hydrogen (secondary N) is 1. The summed E-state index contributed by atoms with van der Waals surface area (Å²) in [5.74, 6) is 2.27. The van der Waals surface area contributed by atoms with Crippen molar-refractivity contribution in [3.63, 3.8) is 0 Å². The van der Waals surface area contributed by atoms with Gasteiger partial charge in [-0.3, -0.25) is 4.98 Å². The molecular formula is C24H25N5O2. The molecule has 1 aliphatic rings. The van der Waals surface area contributed by atoms with Crippen LogP contribution in [-0.4, -0.2) is 36.9 Å². The first kappa shape index (κ1) is 19.5. The van der Waals surface area contributed by atoms with Gasteiger partial charge < -0.3 is 15.2 Å². The van der Waals surface area contributed by atoms with Gasteiger partial charge in [0.2, 0.25) is 0 Å². The number of aliphatic hydroxyl groups is 1. The monoisotopic (exact) mass is 415 g/mol. The molecule has 2 N–H and O–H groups in total. The summed E-state index contributed by atoms with van der Waals surface area (Å²) >= 11 is 0. The van der Waals surface area contributed by atoms with Gasteiger partial charge in [-0.2, -0.15) is 5.10 Å². The van der Waals surface area contributed by atoms with E-state index in [0.29, 0.717) is 0 Å². The van der Waals surface area contributed by atoms with Crippen LogP contribution < -0.4 is 10.1 Å². The Morgan fingerprint density at radius 2 is 1.90 bits per heavy atom. The molecule has 4 heterocycles. The first-order chi connectivity index (χ1) is 15.1. The normalized spacial score (nSPS) is 18.8. The van der Waals surface area contributed by atoms with Gasteiger partial charge in [0.1, 0.15) is 11.6 Å². The van der Waals surface area contributed by atoms with E-state index in [4.69, 9.17) is 4.74 Å². The van der Waals surface area contributed by atoms with E-state index in [0.717, 1.165) is 65.4 Å². The van der Waals surface area contributed by atoms with E-state index in [1.807, 2.05) is 54.2 Å².